The second-order valence-corrected chi connectivity index (χ2v) is 30.6. The molecule has 3 aromatic heterocycles. The average molecular weight is 1070 g/mol. The van der Waals surface area contributed by atoms with E-state index in [9.17, 15) is 0 Å². The molecule has 0 atom stereocenters. The molecule has 1 aliphatic heterocycles. The Balaban J connectivity index is 0.00000511. The van der Waals surface area contributed by atoms with Crippen LogP contribution in [0.4, 0.5) is 0 Å². The third-order valence-electron chi connectivity index (χ3n) is 13.0. The Morgan fingerprint density at radius 2 is 1.20 bits per heavy atom. The van der Waals surface area contributed by atoms with Crippen LogP contribution in [0.5, 0.6) is 11.5 Å². The van der Waals surface area contributed by atoms with Gasteiger partial charge in [0.25, 0.3) is 6.33 Å². The Morgan fingerprint density at radius 3 is 1.95 bits per heavy atom. The van der Waals surface area contributed by atoms with Gasteiger partial charge in [0.2, 0.25) is 0 Å². The van der Waals surface area contributed by atoms with Gasteiger partial charge in [-0.05, 0) is 78.8 Å². The minimum Gasteiger partial charge on any atom is -0.510 e. The summed E-state index contributed by atoms with van der Waals surface area (Å²) in [6, 6.07) is 60.0. The Kier molecular flexibility index (Phi) is 10.6. The molecule has 0 aliphatic carbocycles. The van der Waals surface area contributed by atoms with Crippen LogP contribution in [0.25, 0.3) is 83.4 Å². The van der Waals surface area contributed by atoms with Crippen molar-refractivity contribution in [3.8, 4) is 62.1 Å². The van der Waals surface area contributed by atoms with Gasteiger partial charge in [-0.1, -0.05) is 168 Å². The number of para-hydroxylation sites is 3. The molecule has 0 saturated carbocycles. The van der Waals surface area contributed by atoms with Crippen LogP contribution in [0.15, 0.2) is 152 Å². The van der Waals surface area contributed by atoms with E-state index < -0.39 is 16.1 Å². The topological polar surface area (TPSA) is 35.9 Å². The van der Waals surface area contributed by atoms with Gasteiger partial charge < -0.3 is 13.9 Å². The van der Waals surface area contributed by atoms with Crippen molar-refractivity contribution in [2.24, 2.45) is 0 Å². The maximum Gasteiger partial charge on any atom is 0.268 e. The van der Waals surface area contributed by atoms with Crippen molar-refractivity contribution in [1.82, 2.24) is 14.1 Å². The van der Waals surface area contributed by atoms with Crippen molar-refractivity contribution in [2.45, 2.75) is 65.5 Å². The van der Waals surface area contributed by atoms with Crippen LogP contribution >= 0.6 is 0 Å². The van der Waals surface area contributed by atoms with E-state index in [0.717, 1.165) is 44.3 Å². The normalized spacial score (nSPS) is 12.5. The van der Waals surface area contributed by atoms with Crippen molar-refractivity contribution < 1.29 is 30.4 Å². The minimum absolute atomic E-state index is 0. The molecule has 11 rings (SSSR count). The maximum absolute atomic E-state index is 6.73. The second-order valence-electron chi connectivity index (χ2n) is 20.5. The van der Waals surface area contributed by atoms with Crippen molar-refractivity contribution in [1.29, 1.82) is 0 Å². The summed E-state index contributed by atoms with van der Waals surface area (Å²) in [5.74, 6) is 2.05. The van der Waals surface area contributed by atoms with Gasteiger partial charge in [-0.25, -0.2) is 4.98 Å². The first kappa shape index (κ1) is 43.8. The third kappa shape index (κ3) is 7.24. The van der Waals surface area contributed by atoms with Gasteiger partial charge in [-0.15, -0.1) is 29.7 Å². The molecule has 5 nitrogen and oxygen atoms in total. The van der Waals surface area contributed by atoms with E-state index in [0.29, 0.717) is 11.5 Å². The van der Waals surface area contributed by atoms with E-state index in [1.54, 1.807) is 0 Å². The Hall–Kier alpha value is -6.12. The molecule has 0 unspecified atom stereocenters. The van der Waals surface area contributed by atoms with Crippen molar-refractivity contribution in [3.05, 3.63) is 176 Å². The van der Waals surface area contributed by atoms with Crippen molar-refractivity contribution in [2.75, 3.05) is 0 Å². The molecule has 0 spiro atoms. The zero-order valence-electron chi connectivity index (χ0n) is 38.9. The fourth-order valence-corrected chi connectivity index (χ4v) is 13.0. The summed E-state index contributed by atoms with van der Waals surface area (Å²) in [7, 11) is -3.78. The largest absolute Gasteiger partial charge is 0.510 e. The summed E-state index contributed by atoms with van der Waals surface area (Å²) >= 11 is 0. The molecule has 0 saturated heterocycles. The maximum atomic E-state index is 6.73. The second kappa shape index (κ2) is 16.0. The molecule has 1 aliphatic rings. The molecule has 0 fully saturated rings. The van der Waals surface area contributed by atoms with Crippen LogP contribution < -0.4 is 19.7 Å². The fraction of sp³-hybridized carbons (Fsp3) is 0.172. The van der Waals surface area contributed by atoms with Crippen molar-refractivity contribution >= 4 is 59.4 Å². The molecule has 4 heterocycles. The molecule has 330 valence electrons. The zero-order chi connectivity index (χ0) is 45.0. The van der Waals surface area contributed by atoms with E-state index in [-0.39, 0.29) is 26.5 Å². The number of imidazole rings is 1. The summed E-state index contributed by atoms with van der Waals surface area (Å²) in [5.41, 5.74) is 14.9. The predicted molar refractivity (Wildman–Crippen MR) is 274 cm³/mol. The molecule has 0 bridgehead atoms. The number of aromatic nitrogens is 4. The Bertz CT molecular complexity index is 3550. The minimum atomic E-state index is -1.94. The smallest absolute Gasteiger partial charge is 0.268 e. The van der Waals surface area contributed by atoms with Gasteiger partial charge in [0.05, 0.1) is 32.9 Å². The number of ether oxygens (including phenoxy) is 1. The molecule has 66 heavy (non-hydrogen) atoms. The molecule has 0 amide bonds. The third-order valence-corrected chi connectivity index (χ3v) is 17.1. The number of rotatable bonds is 6. The molecular formula is C58H52N4OPtSi2-2. The number of hydrogen-bond acceptors (Lipinski definition) is 2. The van der Waals surface area contributed by atoms with E-state index in [1.165, 1.54) is 55.0 Å². The number of nitrogens with zero attached hydrogens (tertiary/aromatic N) is 4. The van der Waals surface area contributed by atoms with E-state index >= 15 is 0 Å². The van der Waals surface area contributed by atoms with Crippen LogP contribution in [-0.4, -0.2) is 30.3 Å². The number of hydrogen-bond donors (Lipinski definition) is 0. The van der Waals surface area contributed by atoms with E-state index in [1.807, 2.05) is 24.4 Å². The number of pyridine rings is 1. The number of benzene rings is 7. The van der Waals surface area contributed by atoms with E-state index in [4.69, 9.17) is 9.72 Å². The standard InChI is InChI=1S/C58H52N4OSi2.Pt/c1-58(2,3)38-32-33-59-54(34-38)62-49-26-13-12-22-44(49)45-31-30-41(36-51(45)62)63-40-19-14-18-39(35-40)60-37-61-56-47(24-15-27-50(56)60)43-21-11-10-20-42(43)46-23-16-28-52(64(4,5)6)55(46)48-25-17-29-53(57(48)61)65(7,8)9;/h10-34H,1-9H3;/q-2;. The Morgan fingerprint density at radius 1 is 0.576 bits per heavy atom. The van der Waals surface area contributed by atoms with Gasteiger partial charge in [0.15, 0.2) is 0 Å². The first-order chi connectivity index (χ1) is 31.1. The van der Waals surface area contributed by atoms with Gasteiger partial charge in [-0.3, -0.25) is 4.57 Å². The number of fused-ring (bicyclic) bond motifs is 10. The van der Waals surface area contributed by atoms with E-state index in [2.05, 4.69) is 220 Å². The summed E-state index contributed by atoms with van der Waals surface area (Å²) in [6.07, 6.45) is 5.87. The molecule has 10 aromatic rings. The predicted octanol–water partition coefficient (Wildman–Crippen LogP) is 13.3. The van der Waals surface area contributed by atoms with Crippen LogP contribution in [0.1, 0.15) is 26.3 Å². The molecule has 8 heteroatoms. The average Bonchev–Trinajstić information content (AvgIpc) is 3.84. The van der Waals surface area contributed by atoms with Crippen LogP contribution in [0.2, 0.25) is 39.3 Å². The van der Waals surface area contributed by atoms with Crippen LogP contribution in [0.3, 0.4) is 0 Å². The molecule has 7 aromatic carbocycles. The summed E-state index contributed by atoms with van der Waals surface area (Å²) in [5, 5.41) is 5.10. The Labute approximate surface area is 404 Å². The van der Waals surface area contributed by atoms with Crippen LogP contribution in [-0.2, 0) is 26.5 Å². The summed E-state index contributed by atoms with van der Waals surface area (Å²) in [6.45, 7) is 21.5. The fourth-order valence-electron chi connectivity index (χ4n) is 9.87. The van der Waals surface area contributed by atoms with Gasteiger partial charge >= 0.3 is 0 Å². The quantitative estimate of drug-likeness (QED) is 0.0945. The van der Waals surface area contributed by atoms with Gasteiger partial charge in [-0.2, -0.15) is 18.2 Å². The summed E-state index contributed by atoms with van der Waals surface area (Å²) in [4.78, 5) is 4.88. The summed E-state index contributed by atoms with van der Waals surface area (Å²) < 4.78 is 13.5. The van der Waals surface area contributed by atoms with Crippen LogP contribution in [0, 0.1) is 18.5 Å². The first-order valence-electron chi connectivity index (χ1n) is 22.6. The molecule has 0 radical (unpaired) electrons. The SMILES string of the molecule is CC(C)(C)c1ccnc(-n2c3[c-]c(Oc4[c-]c(-n5[c-][n+]6c7c(cccc75)-c5ccccc5-c5cccc([Si](C)(C)C)c5-c5cccc([Si](C)(C)C)c5-6)ccc4)ccc3c3ccccc32)c1.[Pt]. The molecule has 0 N–H and O–H groups in total. The van der Waals surface area contributed by atoms with Gasteiger partial charge in [0.1, 0.15) is 5.82 Å². The van der Waals surface area contributed by atoms with Gasteiger partial charge in [0, 0.05) is 44.3 Å². The molecular weight excluding hydrogens is 1020 g/mol. The van der Waals surface area contributed by atoms with Crippen molar-refractivity contribution in [3.63, 3.8) is 0 Å². The zero-order valence-corrected chi connectivity index (χ0v) is 43.2. The monoisotopic (exact) mass is 1070 g/mol. The first-order valence-corrected chi connectivity index (χ1v) is 29.6.